The number of hydrogen-bond acceptors (Lipinski definition) is 4. The van der Waals surface area contributed by atoms with E-state index in [2.05, 4.69) is 25.2 Å². The SMILES string of the molecule is CNC1CC2C3CC4(CC4)C4=CC(=O)CCC4(C)C3=CCC2(C)C12CCC(=O)O2. The average molecular weight is 396 g/mol. The van der Waals surface area contributed by atoms with Crippen LogP contribution < -0.4 is 5.32 Å². The van der Waals surface area contributed by atoms with Crippen LogP contribution in [0.1, 0.15) is 71.6 Å². The molecule has 0 amide bonds. The smallest absolute Gasteiger partial charge is 0.306 e. The Hall–Kier alpha value is -1.42. The highest BCUT2D eigenvalue weighted by Gasteiger charge is 2.71. The summed E-state index contributed by atoms with van der Waals surface area (Å²) < 4.78 is 6.19. The second kappa shape index (κ2) is 5.43. The molecule has 1 aliphatic heterocycles. The van der Waals surface area contributed by atoms with Crippen LogP contribution in [0.25, 0.3) is 0 Å². The van der Waals surface area contributed by atoms with Crippen molar-refractivity contribution >= 4 is 11.8 Å². The first-order valence-corrected chi connectivity index (χ1v) is 11.6. The Morgan fingerprint density at radius 3 is 2.55 bits per heavy atom. The second-order valence-corrected chi connectivity index (χ2v) is 11.3. The van der Waals surface area contributed by atoms with E-state index in [0.29, 0.717) is 30.5 Å². The molecule has 6 unspecified atom stereocenters. The van der Waals surface area contributed by atoms with Crippen LogP contribution in [0.3, 0.4) is 0 Å². The van der Waals surface area contributed by atoms with E-state index < -0.39 is 0 Å². The van der Waals surface area contributed by atoms with Crippen molar-refractivity contribution in [3.63, 3.8) is 0 Å². The van der Waals surface area contributed by atoms with E-state index in [1.807, 2.05) is 13.1 Å². The zero-order valence-corrected chi connectivity index (χ0v) is 18.0. The maximum Gasteiger partial charge on any atom is 0.306 e. The molecule has 4 fully saturated rings. The highest BCUT2D eigenvalue weighted by atomic mass is 16.6. The Labute approximate surface area is 173 Å². The number of carbonyl (C=O) groups excluding carboxylic acids is 2. The number of allylic oxidation sites excluding steroid dienone is 4. The number of rotatable bonds is 1. The van der Waals surface area contributed by atoms with Crippen molar-refractivity contribution in [1.29, 1.82) is 0 Å². The van der Waals surface area contributed by atoms with Crippen molar-refractivity contribution in [2.24, 2.45) is 28.1 Å². The van der Waals surface area contributed by atoms with E-state index >= 15 is 0 Å². The lowest BCUT2D eigenvalue weighted by molar-refractivity contribution is -0.163. The molecule has 0 radical (unpaired) electrons. The zero-order chi connectivity index (χ0) is 20.2. The molecule has 6 atom stereocenters. The summed E-state index contributed by atoms with van der Waals surface area (Å²) in [6, 6.07) is 0.240. The zero-order valence-electron chi connectivity index (χ0n) is 18.0. The Morgan fingerprint density at radius 2 is 1.90 bits per heavy atom. The summed E-state index contributed by atoms with van der Waals surface area (Å²) in [6.45, 7) is 4.82. The molecule has 29 heavy (non-hydrogen) atoms. The molecule has 1 N–H and O–H groups in total. The van der Waals surface area contributed by atoms with Gasteiger partial charge in [0.25, 0.3) is 0 Å². The van der Waals surface area contributed by atoms with Crippen molar-refractivity contribution in [3.8, 4) is 0 Å². The van der Waals surface area contributed by atoms with Gasteiger partial charge in [-0.3, -0.25) is 9.59 Å². The lowest BCUT2D eigenvalue weighted by Gasteiger charge is -2.57. The molecule has 0 aromatic carbocycles. The molecule has 1 saturated heterocycles. The van der Waals surface area contributed by atoms with Gasteiger partial charge in [-0.1, -0.05) is 31.1 Å². The first-order valence-electron chi connectivity index (χ1n) is 11.6. The molecule has 0 aromatic rings. The minimum absolute atomic E-state index is 0.000846. The predicted octanol–water partition coefficient (Wildman–Crippen LogP) is 4.10. The molecule has 2 spiro atoms. The van der Waals surface area contributed by atoms with E-state index in [-0.39, 0.29) is 33.9 Å². The lowest BCUT2D eigenvalue weighted by atomic mass is 9.48. The van der Waals surface area contributed by atoms with Gasteiger partial charge in [0, 0.05) is 29.7 Å². The third kappa shape index (κ3) is 2.05. The van der Waals surface area contributed by atoms with Crippen molar-refractivity contribution < 1.29 is 14.3 Å². The van der Waals surface area contributed by atoms with Crippen molar-refractivity contribution in [3.05, 3.63) is 23.3 Å². The van der Waals surface area contributed by atoms with Crippen LogP contribution in [0.4, 0.5) is 0 Å². The van der Waals surface area contributed by atoms with E-state index in [0.717, 1.165) is 25.7 Å². The fourth-order valence-electron chi connectivity index (χ4n) is 8.61. The van der Waals surface area contributed by atoms with Gasteiger partial charge in [0.05, 0.1) is 0 Å². The third-order valence-electron chi connectivity index (χ3n) is 10.3. The number of ether oxygens (including phenoxy) is 1. The molecule has 1 heterocycles. The summed E-state index contributed by atoms with van der Waals surface area (Å²) in [5.74, 6) is 1.41. The summed E-state index contributed by atoms with van der Waals surface area (Å²) >= 11 is 0. The molecule has 4 nitrogen and oxygen atoms in total. The minimum atomic E-state index is -0.359. The highest BCUT2D eigenvalue weighted by Crippen LogP contribution is 2.74. The molecule has 6 rings (SSSR count). The van der Waals surface area contributed by atoms with Gasteiger partial charge >= 0.3 is 5.97 Å². The Bertz CT molecular complexity index is 882. The Morgan fingerprint density at radius 1 is 1.10 bits per heavy atom. The van der Waals surface area contributed by atoms with Gasteiger partial charge < -0.3 is 10.1 Å². The summed E-state index contributed by atoms with van der Waals surface area (Å²) in [4.78, 5) is 24.5. The molecule has 4 heteroatoms. The first kappa shape index (κ1) is 18.4. The first-order chi connectivity index (χ1) is 13.8. The quantitative estimate of drug-likeness (QED) is 0.536. The van der Waals surface area contributed by atoms with E-state index in [4.69, 9.17) is 4.74 Å². The maximum atomic E-state index is 12.3. The molecular formula is C25H33NO3. The summed E-state index contributed by atoms with van der Waals surface area (Å²) in [7, 11) is 2.03. The summed E-state index contributed by atoms with van der Waals surface area (Å²) in [5, 5.41) is 3.55. The molecule has 6 aliphatic rings. The predicted molar refractivity (Wildman–Crippen MR) is 110 cm³/mol. The number of esters is 1. The fourth-order valence-corrected chi connectivity index (χ4v) is 8.61. The van der Waals surface area contributed by atoms with E-state index in [1.165, 1.54) is 24.8 Å². The van der Waals surface area contributed by atoms with Gasteiger partial charge in [-0.2, -0.15) is 0 Å². The van der Waals surface area contributed by atoms with Gasteiger partial charge in [-0.15, -0.1) is 0 Å². The van der Waals surface area contributed by atoms with Crippen LogP contribution in [0, 0.1) is 28.1 Å². The highest BCUT2D eigenvalue weighted by molar-refractivity contribution is 5.92. The Balaban J connectivity index is 1.48. The van der Waals surface area contributed by atoms with Crippen LogP contribution in [0.5, 0.6) is 0 Å². The van der Waals surface area contributed by atoms with Crippen molar-refractivity contribution in [2.75, 3.05) is 7.05 Å². The maximum absolute atomic E-state index is 12.3. The van der Waals surface area contributed by atoms with Crippen LogP contribution >= 0.6 is 0 Å². The molecule has 0 bridgehead atoms. The molecule has 3 saturated carbocycles. The van der Waals surface area contributed by atoms with Gasteiger partial charge in [-0.25, -0.2) is 0 Å². The summed E-state index contributed by atoms with van der Waals surface area (Å²) in [5.41, 5.74) is 3.03. The van der Waals surface area contributed by atoms with Crippen LogP contribution in [0.15, 0.2) is 23.3 Å². The van der Waals surface area contributed by atoms with Gasteiger partial charge in [0.15, 0.2) is 5.78 Å². The topological polar surface area (TPSA) is 55.4 Å². The van der Waals surface area contributed by atoms with E-state index in [9.17, 15) is 9.59 Å². The molecule has 0 aromatic heterocycles. The average Bonchev–Trinajstić information content (AvgIpc) is 3.27. The standard InChI is InChI=1S/C25H33NO3/c1-22-7-4-15(27)12-19(22)24(10-11-24)14-16-17(22)5-8-23(2)18(16)13-20(26-3)25(23)9-6-21(28)29-25/h5,12,16,18,20,26H,4,6-11,13-14H2,1-3H3. The van der Waals surface area contributed by atoms with Crippen LogP contribution in [-0.2, 0) is 14.3 Å². The van der Waals surface area contributed by atoms with E-state index in [1.54, 1.807) is 5.57 Å². The van der Waals surface area contributed by atoms with Crippen molar-refractivity contribution in [1.82, 2.24) is 5.32 Å². The van der Waals surface area contributed by atoms with Crippen molar-refractivity contribution in [2.45, 2.75) is 83.3 Å². The number of nitrogens with one attached hydrogen (secondary N) is 1. The molecular weight excluding hydrogens is 362 g/mol. The lowest BCUT2D eigenvalue weighted by Crippen LogP contribution is -2.56. The number of carbonyl (C=O) groups is 2. The van der Waals surface area contributed by atoms with Crippen LogP contribution in [-0.4, -0.2) is 30.4 Å². The number of likely N-dealkylation sites (N-methyl/N-ethyl adjacent to an activating group) is 1. The number of hydrogen-bond donors (Lipinski definition) is 1. The number of ketones is 1. The van der Waals surface area contributed by atoms with Gasteiger partial charge in [-0.05, 0) is 75.3 Å². The third-order valence-corrected chi connectivity index (χ3v) is 10.3. The normalized spacial score (nSPS) is 49.3. The number of fused-ring (bicyclic) bond motifs is 7. The minimum Gasteiger partial charge on any atom is -0.457 e. The van der Waals surface area contributed by atoms with Gasteiger partial charge in [0.2, 0.25) is 0 Å². The van der Waals surface area contributed by atoms with Gasteiger partial charge in [0.1, 0.15) is 5.60 Å². The Kier molecular flexibility index (Phi) is 3.44. The monoisotopic (exact) mass is 395 g/mol. The fraction of sp³-hybridized carbons (Fsp3) is 0.760. The molecule has 5 aliphatic carbocycles. The summed E-state index contributed by atoms with van der Waals surface area (Å²) in [6.07, 6.45) is 13.4. The molecule has 156 valence electrons. The largest absolute Gasteiger partial charge is 0.457 e. The van der Waals surface area contributed by atoms with Crippen LogP contribution in [0.2, 0.25) is 0 Å². The second-order valence-electron chi connectivity index (χ2n) is 11.3.